The second-order valence-electron chi connectivity index (χ2n) is 6.22. The first-order valence-electron chi connectivity index (χ1n) is 9.24. The Morgan fingerprint density at radius 2 is 2.00 bits per heavy atom. The average Bonchev–Trinajstić information content (AvgIpc) is 3.27. The van der Waals surface area contributed by atoms with Gasteiger partial charge in [0.2, 0.25) is 5.91 Å². The molecule has 2 heterocycles. The Balaban J connectivity index is 1.55. The zero-order valence-corrected chi connectivity index (χ0v) is 18.5. The standard InChI is InChI=1S/C20H22N4O4S2/c1-4-27-19(26)15-10-13(2)30-18(15)21-17(25)12-29-20-23-22-16(24(20)3)11-28-14-8-6-5-7-9-14/h5-10H,4,11-12H2,1-3H3,(H,21,25). The molecule has 1 N–H and O–H groups in total. The first kappa shape index (κ1) is 21.8. The molecule has 1 amide bonds. The van der Waals surface area contributed by atoms with E-state index in [-0.39, 0.29) is 24.9 Å². The number of esters is 1. The van der Waals surface area contributed by atoms with Crippen molar-refractivity contribution < 1.29 is 19.1 Å². The van der Waals surface area contributed by atoms with Gasteiger partial charge in [0, 0.05) is 11.9 Å². The molecule has 0 unspecified atom stereocenters. The summed E-state index contributed by atoms with van der Waals surface area (Å²) in [4.78, 5) is 25.4. The van der Waals surface area contributed by atoms with Gasteiger partial charge in [-0.3, -0.25) is 4.79 Å². The summed E-state index contributed by atoms with van der Waals surface area (Å²) in [7, 11) is 1.82. The van der Waals surface area contributed by atoms with Crippen molar-refractivity contribution >= 4 is 40.0 Å². The maximum Gasteiger partial charge on any atom is 0.341 e. The number of aromatic nitrogens is 3. The van der Waals surface area contributed by atoms with E-state index < -0.39 is 5.97 Å². The lowest BCUT2D eigenvalue weighted by Crippen LogP contribution is -2.16. The highest BCUT2D eigenvalue weighted by molar-refractivity contribution is 7.99. The number of carbonyl (C=O) groups excluding carboxylic acids is 2. The number of para-hydroxylation sites is 1. The Hall–Kier alpha value is -2.85. The monoisotopic (exact) mass is 446 g/mol. The summed E-state index contributed by atoms with van der Waals surface area (Å²) in [6, 6.07) is 11.2. The molecule has 0 radical (unpaired) electrons. The van der Waals surface area contributed by atoms with Crippen molar-refractivity contribution in [2.45, 2.75) is 25.6 Å². The second-order valence-corrected chi connectivity index (χ2v) is 8.42. The van der Waals surface area contributed by atoms with Crippen molar-refractivity contribution in [2.24, 2.45) is 7.05 Å². The number of hydrogen-bond acceptors (Lipinski definition) is 8. The number of hydrogen-bond donors (Lipinski definition) is 1. The van der Waals surface area contributed by atoms with Gasteiger partial charge in [0.15, 0.2) is 11.0 Å². The number of nitrogens with one attached hydrogen (secondary N) is 1. The average molecular weight is 447 g/mol. The van der Waals surface area contributed by atoms with E-state index in [1.165, 1.54) is 23.1 Å². The summed E-state index contributed by atoms with van der Waals surface area (Å²) in [6.45, 7) is 4.17. The molecular weight excluding hydrogens is 424 g/mol. The van der Waals surface area contributed by atoms with Crippen molar-refractivity contribution in [1.29, 1.82) is 0 Å². The normalized spacial score (nSPS) is 10.6. The third-order valence-corrected chi connectivity index (χ3v) is 5.96. The number of benzene rings is 1. The molecule has 0 bridgehead atoms. The van der Waals surface area contributed by atoms with Crippen LogP contribution in [0.1, 0.15) is 28.0 Å². The number of thioether (sulfide) groups is 1. The lowest BCUT2D eigenvalue weighted by molar-refractivity contribution is -0.113. The van der Waals surface area contributed by atoms with Crippen LogP contribution in [-0.4, -0.2) is 39.0 Å². The predicted octanol–water partition coefficient (Wildman–Crippen LogP) is 3.67. The molecule has 158 valence electrons. The van der Waals surface area contributed by atoms with Gasteiger partial charge in [-0.15, -0.1) is 21.5 Å². The van der Waals surface area contributed by atoms with Crippen molar-refractivity contribution in [3.8, 4) is 5.75 Å². The fourth-order valence-corrected chi connectivity index (χ4v) is 4.17. The minimum Gasteiger partial charge on any atom is -0.486 e. The Kier molecular flexibility index (Phi) is 7.47. The van der Waals surface area contributed by atoms with E-state index in [4.69, 9.17) is 9.47 Å². The Morgan fingerprint density at radius 1 is 1.23 bits per heavy atom. The highest BCUT2D eigenvalue weighted by Crippen LogP contribution is 2.28. The molecule has 0 spiro atoms. The molecule has 0 saturated heterocycles. The molecule has 0 aliphatic heterocycles. The van der Waals surface area contributed by atoms with Gasteiger partial charge < -0.3 is 19.4 Å². The van der Waals surface area contributed by atoms with Crippen LogP contribution in [0.5, 0.6) is 5.75 Å². The van der Waals surface area contributed by atoms with Gasteiger partial charge in [-0.05, 0) is 32.0 Å². The number of ether oxygens (including phenoxy) is 2. The highest BCUT2D eigenvalue weighted by Gasteiger charge is 2.19. The molecule has 0 atom stereocenters. The maximum atomic E-state index is 12.4. The van der Waals surface area contributed by atoms with Gasteiger partial charge in [0.05, 0.1) is 17.9 Å². The maximum absolute atomic E-state index is 12.4. The summed E-state index contributed by atoms with van der Waals surface area (Å²) in [5.74, 6) is 0.849. The molecule has 0 aliphatic rings. The Bertz CT molecular complexity index is 1020. The SMILES string of the molecule is CCOC(=O)c1cc(C)sc1NC(=O)CSc1nnc(COc2ccccc2)n1C. The molecule has 3 rings (SSSR count). The summed E-state index contributed by atoms with van der Waals surface area (Å²) in [5.41, 5.74) is 0.372. The van der Waals surface area contributed by atoms with E-state index >= 15 is 0 Å². The molecule has 0 aliphatic carbocycles. The number of anilines is 1. The van der Waals surface area contributed by atoms with Crippen LogP contribution >= 0.6 is 23.1 Å². The minimum atomic E-state index is -0.443. The number of carbonyl (C=O) groups is 2. The van der Waals surface area contributed by atoms with Gasteiger partial charge in [-0.1, -0.05) is 30.0 Å². The van der Waals surface area contributed by atoms with Crippen LogP contribution in [-0.2, 0) is 23.2 Å². The van der Waals surface area contributed by atoms with Gasteiger partial charge in [-0.25, -0.2) is 4.79 Å². The van der Waals surface area contributed by atoms with E-state index in [2.05, 4.69) is 15.5 Å². The molecule has 2 aromatic heterocycles. The van der Waals surface area contributed by atoms with E-state index in [1.807, 2.05) is 44.3 Å². The van der Waals surface area contributed by atoms with E-state index in [9.17, 15) is 9.59 Å². The van der Waals surface area contributed by atoms with E-state index in [0.717, 1.165) is 10.6 Å². The highest BCUT2D eigenvalue weighted by atomic mass is 32.2. The number of amides is 1. The number of thiophene rings is 1. The third kappa shape index (κ3) is 5.61. The lowest BCUT2D eigenvalue weighted by atomic mass is 10.3. The van der Waals surface area contributed by atoms with Crippen molar-refractivity contribution in [2.75, 3.05) is 17.7 Å². The number of nitrogens with zero attached hydrogens (tertiary/aromatic N) is 3. The number of rotatable bonds is 9. The predicted molar refractivity (Wildman–Crippen MR) is 116 cm³/mol. The summed E-state index contributed by atoms with van der Waals surface area (Å²) in [6.07, 6.45) is 0. The molecule has 0 fully saturated rings. The van der Waals surface area contributed by atoms with E-state index in [0.29, 0.717) is 21.5 Å². The molecular formula is C20H22N4O4S2. The van der Waals surface area contributed by atoms with Crippen molar-refractivity contribution in [1.82, 2.24) is 14.8 Å². The zero-order chi connectivity index (χ0) is 21.5. The number of aryl methyl sites for hydroxylation is 1. The fraction of sp³-hybridized carbons (Fsp3) is 0.300. The van der Waals surface area contributed by atoms with Crippen molar-refractivity contribution in [3.63, 3.8) is 0 Å². The zero-order valence-electron chi connectivity index (χ0n) is 16.9. The topological polar surface area (TPSA) is 95.3 Å². The smallest absolute Gasteiger partial charge is 0.341 e. The first-order chi connectivity index (χ1) is 14.5. The van der Waals surface area contributed by atoms with Crippen LogP contribution in [0.2, 0.25) is 0 Å². The molecule has 30 heavy (non-hydrogen) atoms. The quantitative estimate of drug-likeness (QED) is 0.396. The lowest BCUT2D eigenvalue weighted by Gasteiger charge is -2.07. The fourth-order valence-electron chi connectivity index (χ4n) is 2.52. The van der Waals surface area contributed by atoms with Gasteiger partial charge in [0.1, 0.15) is 17.4 Å². The van der Waals surface area contributed by atoms with Gasteiger partial charge >= 0.3 is 5.97 Å². The van der Waals surface area contributed by atoms with Gasteiger partial charge in [-0.2, -0.15) is 0 Å². The second kappa shape index (κ2) is 10.3. The van der Waals surface area contributed by atoms with Crippen LogP contribution in [0.25, 0.3) is 0 Å². The van der Waals surface area contributed by atoms with Crippen LogP contribution in [0.3, 0.4) is 0 Å². The van der Waals surface area contributed by atoms with Crippen LogP contribution in [0.4, 0.5) is 5.00 Å². The minimum absolute atomic E-state index is 0.130. The third-order valence-electron chi connectivity index (χ3n) is 3.97. The van der Waals surface area contributed by atoms with Crippen LogP contribution in [0, 0.1) is 6.92 Å². The molecule has 1 aromatic carbocycles. The van der Waals surface area contributed by atoms with Crippen LogP contribution in [0.15, 0.2) is 41.6 Å². The largest absolute Gasteiger partial charge is 0.486 e. The molecule has 10 heteroatoms. The summed E-state index contributed by atoms with van der Waals surface area (Å²) in [5, 5.41) is 12.1. The van der Waals surface area contributed by atoms with E-state index in [1.54, 1.807) is 17.6 Å². The molecule has 3 aromatic rings. The van der Waals surface area contributed by atoms with Crippen molar-refractivity contribution in [3.05, 3.63) is 52.7 Å². The van der Waals surface area contributed by atoms with Crippen LogP contribution < -0.4 is 10.1 Å². The molecule has 0 saturated carbocycles. The Labute approximate surface area is 182 Å². The first-order valence-corrected chi connectivity index (χ1v) is 11.0. The summed E-state index contributed by atoms with van der Waals surface area (Å²) < 4.78 is 12.5. The van der Waals surface area contributed by atoms with Gasteiger partial charge in [0.25, 0.3) is 0 Å². The molecule has 8 nitrogen and oxygen atoms in total. The Morgan fingerprint density at radius 3 is 2.73 bits per heavy atom. The summed E-state index contributed by atoms with van der Waals surface area (Å²) >= 11 is 2.60.